The van der Waals surface area contributed by atoms with E-state index in [0.29, 0.717) is 50.6 Å². The number of rotatable bonds is 13. The van der Waals surface area contributed by atoms with Gasteiger partial charge < -0.3 is 25.1 Å². The minimum Gasteiger partial charge on any atom is -0.506 e. The van der Waals surface area contributed by atoms with Crippen LogP contribution in [-0.4, -0.2) is 44.0 Å². The molecule has 0 saturated heterocycles. The topological polar surface area (TPSA) is 112 Å². The van der Waals surface area contributed by atoms with E-state index < -0.39 is 11.9 Å². The molecule has 0 bridgehead atoms. The zero-order valence-corrected chi connectivity index (χ0v) is 26.3. The number of hydroxylamine groups is 1. The summed E-state index contributed by atoms with van der Waals surface area (Å²) in [6.45, 7) is 4.32. The minimum atomic E-state index is -0.903. The number of nitrogens with one attached hydrogen (secondary N) is 1. The molecule has 0 heterocycles. The summed E-state index contributed by atoms with van der Waals surface area (Å²) in [5, 5.41) is 9.95. The summed E-state index contributed by atoms with van der Waals surface area (Å²) in [6, 6.07) is 6.23. The molecule has 2 rings (SSSR count). The van der Waals surface area contributed by atoms with E-state index in [9.17, 15) is 9.90 Å². The van der Waals surface area contributed by atoms with E-state index in [4.69, 9.17) is 24.8 Å². The zero-order valence-electron chi connectivity index (χ0n) is 17.7. The lowest BCUT2D eigenvalue weighted by atomic mass is 10.1. The first-order valence-electron chi connectivity index (χ1n) is 9.92. The number of hydrogen-bond donors (Lipinski definition) is 3. The fourth-order valence-corrected chi connectivity index (χ4v) is 6.23. The Hall–Kier alpha value is 0.270. The standard InChI is InChI=1S/C21H24I4N2O6/c1-2-3-30-4-5-31-6-7-32-27-21(29)18(26)12-8-16(24)20(17(25)9-12)33-13-10-14(22)19(28)15(23)11-13/h8-11,18,28H,2-7,26H2,1H3,(H,27,29). The third-order valence-electron chi connectivity index (χ3n) is 4.10. The monoisotopic (exact) mass is 908 g/mol. The van der Waals surface area contributed by atoms with Crippen molar-refractivity contribution in [1.29, 1.82) is 0 Å². The molecule has 0 aliphatic heterocycles. The number of hydrogen-bond acceptors (Lipinski definition) is 7. The minimum absolute atomic E-state index is 0.207. The van der Waals surface area contributed by atoms with Crippen molar-refractivity contribution in [3.05, 3.63) is 44.1 Å². The van der Waals surface area contributed by atoms with Crippen LogP contribution < -0.4 is 16.0 Å². The van der Waals surface area contributed by atoms with Crippen LogP contribution >= 0.6 is 90.4 Å². The average Bonchev–Trinajstić information content (AvgIpc) is 2.77. The van der Waals surface area contributed by atoms with E-state index in [0.717, 1.165) is 13.6 Å². The molecule has 33 heavy (non-hydrogen) atoms. The summed E-state index contributed by atoms with van der Waals surface area (Å²) in [6.07, 6.45) is 0.973. The Morgan fingerprint density at radius 3 is 2.06 bits per heavy atom. The molecule has 182 valence electrons. The summed E-state index contributed by atoms with van der Waals surface area (Å²) in [5.41, 5.74) is 9.13. The Balaban J connectivity index is 1.89. The van der Waals surface area contributed by atoms with Crippen LogP contribution in [0.1, 0.15) is 24.9 Å². The number of phenols is 1. The highest BCUT2D eigenvalue weighted by Gasteiger charge is 2.20. The molecule has 1 amide bonds. The Bertz CT molecular complexity index is 901. The van der Waals surface area contributed by atoms with Gasteiger partial charge in [0.25, 0.3) is 5.91 Å². The average molecular weight is 908 g/mol. The van der Waals surface area contributed by atoms with Crippen molar-refractivity contribution in [3.63, 3.8) is 0 Å². The Morgan fingerprint density at radius 1 is 0.939 bits per heavy atom. The number of phenolic OH excluding ortho intramolecular Hbond substituents is 1. The second-order valence-corrected chi connectivity index (χ2v) is 11.3. The van der Waals surface area contributed by atoms with Gasteiger partial charge in [-0.2, -0.15) is 0 Å². The predicted molar refractivity (Wildman–Crippen MR) is 158 cm³/mol. The van der Waals surface area contributed by atoms with E-state index >= 15 is 0 Å². The van der Waals surface area contributed by atoms with Crippen LogP contribution in [0.15, 0.2) is 24.3 Å². The summed E-state index contributed by atoms with van der Waals surface area (Å²) >= 11 is 8.41. The molecule has 0 radical (unpaired) electrons. The van der Waals surface area contributed by atoms with Gasteiger partial charge in [-0.25, -0.2) is 5.48 Å². The quantitative estimate of drug-likeness (QED) is 0.146. The van der Waals surface area contributed by atoms with Crippen molar-refractivity contribution in [2.24, 2.45) is 5.73 Å². The number of carbonyl (C=O) groups is 1. The van der Waals surface area contributed by atoms with E-state index in [-0.39, 0.29) is 12.4 Å². The molecule has 0 saturated carbocycles. The highest BCUT2D eigenvalue weighted by molar-refractivity contribution is 14.1. The van der Waals surface area contributed by atoms with Crippen LogP contribution in [0.25, 0.3) is 0 Å². The van der Waals surface area contributed by atoms with Gasteiger partial charge >= 0.3 is 0 Å². The lowest BCUT2D eigenvalue weighted by Crippen LogP contribution is -2.35. The zero-order chi connectivity index (χ0) is 24.4. The van der Waals surface area contributed by atoms with Crippen molar-refractivity contribution in [2.45, 2.75) is 19.4 Å². The van der Waals surface area contributed by atoms with Gasteiger partial charge in [-0.15, -0.1) is 0 Å². The first-order chi connectivity index (χ1) is 15.7. The molecule has 0 spiro atoms. The molecule has 0 aliphatic rings. The fraction of sp³-hybridized carbons (Fsp3) is 0.381. The van der Waals surface area contributed by atoms with Gasteiger partial charge in [-0.3, -0.25) is 9.63 Å². The van der Waals surface area contributed by atoms with Crippen LogP contribution in [0.3, 0.4) is 0 Å². The van der Waals surface area contributed by atoms with E-state index in [1.807, 2.05) is 6.92 Å². The Morgan fingerprint density at radius 2 is 1.48 bits per heavy atom. The van der Waals surface area contributed by atoms with Crippen molar-refractivity contribution >= 4 is 96.3 Å². The second-order valence-electron chi connectivity index (χ2n) is 6.67. The summed E-state index contributed by atoms with van der Waals surface area (Å²) in [4.78, 5) is 17.5. The molecule has 1 atom stereocenters. The molecule has 0 aliphatic carbocycles. The van der Waals surface area contributed by atoms with Gasteiger partial charge in [-0.05, 0) is 127 Å². The molecule has 2 aromatic rings. The maximum absolute atomic E-state index is 12.4. The molecular weight excluding hydrogens is 884 g/mol. The smallest absolute Gasteiger partial charge is 0.265 e. The van der Waals surface area contributed by atoms with Gasteiger partial charge in [0, 0.05) is 6.61 Å². The molecule has 12 heteroatoms. The summed E-state index contributed by atoms with van der Waals surface area (Å²) in [7, 11) is 0. The normalized spacial score (nSPS) is 11.9. The number of ether oxygens (including phenoxy) is 3. The highest BCUT2D eigenvalue weighted by atomic mass is 127. The SMILES string of the molecule is CCCOCCOCCONC(=O)C(N)c1cc(I)c(Oc2cc(I)c(O)c(I)c2)c(I)c1. The number of aromatic hydroxyl groups is 1. The lowest BCUT2D eigenvalue weighted by molar-refractivity contribution is -0.136. The second kappa shape index (κ2) is 15.4. The summed E-state index contributed by atoms with van der Waals surface area (Å²) in [5.74, 6) is 1.04. The molecule has 4 N–H and O–H groups in total. The van der Waals surface area contributed by atoms with Gasteiger partial charge in [0.2, 0.25) is 0 Å². The molecule has 2 aromatic carbocycles. The van der Waals surface area contributed by atoms with Crippen LogP contribution in [0.5, 0.6) is 17.2 Å². The fourth-order valence-electron chi connectivity index (χ4n) is 2.48. The number of benzene rings is 2. The third kappa shape index (κ3) is 9.68. The number of nitrogens with two attached hydrogens (primary N) is 1. The maximum atomic E-state index is 12.4. The first kappa shape index (κ1) is 29.5. The molecule has 0 aromatic heterocycles. The van der Waals surface area contributed by atoms with E-state index in [2.05, 4.69) is 95.8 Å². The maximum Gasteiger partial charge on any atom is 0.265 e. The highest BCUT2D eigenvalue weighted by Crippen LogP contribution is 2.37. The molecule has 1 unspecified atom stereocenters. The van der Waals surface area contributed by atoms with Crippen LogP contribution in [0, 0.1) is 14.3 Å². The van der Waals surface area contributed by atoms with Crippen LogP contribution in [0.2, 0.25) is 0 Å². The van der Waals surface area contributed by atoms with Gasteiger partial charge in [0.1, 0.15) is 17.5 Å². The first-order valence-corrected chi connectivity index (χ1v) is 14.2. The van der Waals surface area contributed by atoms with Crippen LogP contribution in [0.4, 0.5) is 0 Å². The van der Waals surface area contributed by atoms with Crippen LogP contribution in [-0.2, 0) is 19.1 Å². The summed E-state index contributed by atoms with van der Waals surface area (Å²) < 4.78 is 19.7. The molecule has 8 nitrogen and oxygen atoms in total. The van der Waals surface area contributed by atoms with Gasteiger partial charge in [0.05, 0.1) is 40.7 Å². The van der Waals surface area contributed by atoms with Crippen molar-refractivity contribution in [3.8, 4) is 17.2 Å². The Kier molecular flexibility index (Phi) is 13.8. The van der Waals surface area contributed by atoms with Gasteiger partial charge in [-0.1, -0.05) is 6.92 Å². The lowest BCUT2D eigenvalue weighted by Gasteiger charge is -2.16. The van der Waals surface area contributed by atoms with E-state index in [1.54, 1.807) is 24.3 Å². The third-order valence-corrected chi connectivity index (χ3v) is 7.34. The van der Waals surface area contributed by atoms with E-state index in [1.165, 1.54) is 0 Å². The number of halogens is 4. The molecular formula is C21H24I4N2O6. The van der Waals surface area contributed by atoms with Crippen molar-refractivity contribution < 1.29 is 28.9 Å². The molecule has 0 fully saturated rings. The van der Waals surface area contributed by atoms with Crippen molar-refractivity contribution in [2.75, 3.05) is 33.0 Å². The Labute approximate surface area is 247 Å². The van der Waals surface area contributed by atoms with Crippen molar-refractivity contribution in [1.82, 2.24) is 5.48 Å². The largest absolute Gasteiger partial charge is 0.506 e. The predicted octanol–water partition coefficient (Wildman–Crippen LogP) is 5.09. The number of amides is 1. The number of carbonyl (C=O) groups excluding carboxylic acids is 1. The van der Waals surface area contributed by atoms with Gasteiger partial charge in [0.15, 0.2) is 5.75 Å².